The lowest BCUT2D eigenvalue weighted by Crippen LogP contribution is -2.13. The second kappa shape index (κ2) is 7.52. The van der Waals surface area contributed by atoms with Crippen molar-refractivity contribution in [2.45, 2.75) is 20.5 Å². The van der Waals surface area contributed by atoms with Crippen LogP contribution >= 0.6 is 0 Å². The lowest BCUT2D eigenvalue weighted by molar-refractivity contribution is -0.384. The van der Waals surface area contributed by atoms with Crippen molar-refractivity contribution in [1.29, 1.82) is 0 Å². The number of benzene rings is 1. The summed E-state index contributed by atoms with van der Waals surface area (Å²) < 4.78 is 9.65. The number of para-hydroxylation sites is 1. The van der Waals surface area contributed by atoms with E-state index < -0.39 is 10.9 Å². The van der Waals surface area contributed by atoms with Crippen molar-refractivity contribution in [2.24, 2.45) is 0 Å². The van der Waals surface area contributed by atoms with Crippen LogP contribution in [-0.2, 0) is 20.9 Å². The first-order chi connectivity index (χ1) is 11.9. The summed E-state index contributed by atoms with van der Waals surface area (Å²) >= 11 is 0. The average Bonchev–Trinajstić information content (AvgIpc) is 2.59. The zero-order valence-electron chi connectivity index (χ0n) is 13.9. The first-order valence-electron chi connectivity index (χ1n) is 7.29. The molecule has 2 aromatic rings. The number of carbonyl (C=O) groups is 2. The van der Waals surface area contributed by atoms with Gasteiger partial charge in [-0.15, -0.1) is 0 Å². The first kappa shape index (κ1) is 18.1. The van der Waals surface area contributed by atoms with Crippen LogP contribution in [0.2, 0.25) is 0 Å². The van der Waals surface area contributed by atoms with Crippen LogP contribution in [0, 0.1) is 24.0 Å². The summed E-state index contributed by atoms with van der Waals surface area (Å²) in [6.07, 6.45) is 0. The van der Waals surface area contributed by atoms with Gasteiger partial charge in [-0.3, -0.25) is 19.9 Å². The highest BCUT2D eigenvalue weighted by Crippen LogP contribution is 2.37. The maximum Gasteiger partial charge on any atom is 0.340 e. The van der Waals surface area contributed by atoms with Crippen LogP contribution < -0.4 is 0 Å². The molecule has 25 heavy (non-hydrogen) atoms. The smallest absolute Gasteiger partial charge is 0.340 e. The largest absolute Gasteiger partial charge is 0.465 e. The minimum absolute atomic E-state index is 0.104. The maximum absolute atomic E-state index is 12.3. The van der Waals surface area contributed by atoms with E-state index in [9.17, 15) is 19.7 Å². The fraction of sp³-hybridized carbons (Fsp3) is 0.235. The Balaban J connectivity index is 2.92. The predicted molar refractivity (Wildman–Crippen MR) is 88.0 cm³/mol. The highest BCUT2D eigenvalue weighted by atomic mass is 16.6. The Labute approximate surface area is 143 Å². The van der Waals surface area contributed by atoms with Gasteiger partial charge in [0, 0.05) is 22.9 Å². The van der Waals surface area contributed by atoms with Crippen LogP contribution in [-0.4, -0.2) is 29.5 Å². The molecule has 0 fully saturated rings. The van der Waals surface area contributed by atoms with E-state index in [1.807, 2.05) is 0 Å². The summed E-state index contributed by atoms with van der Waals surface area (Å²) in [7, 11) is 1.21. The van der Waals surface area contributed by atoms with Crippen LogP contribution in [0.3, 0.4) is 0 Å². The quantitative estimate of drug-likeness (QED) is 0.343. The van der Waals surface area contributed by atoms with Gasteiger partial charge < -0.3 is 9.47 Å². The van der Waals surface area contributed by atoms with Crippen molar-refractivity contribution in [2.75, 3.05) is 7.11 Å². The molecular formula is C17H16N2O6. The first-order valence-corrected chi connectivity index (χ1v) is 7.29. The molecule has 0 spiro atoms. The lowest BCUT2D eigenvalue weighted by atomic mass is 9.92. The molecule has 130 valence electrons. The van der Waals surface area contributed by atoms with Crippen molar-refractivity contribution in [3.63, 3.8) is 0 Å². The molecule has 2 rings (SSSR count). The van der Waals surface area contributed by atoms with Gasteiger partial charge in [0.2, 0.25) is 0 Å². The monoisotopic (exact) mass is 344 g/mol. The van der Waals surface area contributed by atoms with Gasteiger partial charge in [0.05, 0.1) is 28.9 Å². The molecule has 0 aliphatic heterocycles. The lowest BCUT2D eigenvalue weighted by Gasteiger charge is -2.17. The number of nitro groups is 1. The van der Waals surface area contributed by atoms with E-state index in [1.165, 1.54) is 25.3 Å². The molecule has 8 nitrogen and oxygen atoms in total. The molecule has 0 saturated carbocycles. The maximum atomic E-state index is 12.3. The van der Waals surface area contributed by atoms with Crippen LogP contribution in [0.5, 0.6) is 0 Å². The van der Waals surface area contributed by atoms with E-state index >= 15 is 0 Å². The second-order valence-electron chi connectivity index (χ2n) is 5.18. The number of aryl methyl sites for hydroxylation is 2. The van der Waals surface area contributed by atoms with Crippen LogP contribution in [0.25, 0.3) is 11.1 Å². The van der Waals surface area contributed by atoms with Crippen LogP contribution in [0.1, 0.15) is 27.3 Å². The fourth-order valence-corrected chi connectivity index (χ4v) is 2.67. The Hall–Kier alpha value is -3.29. The molecule has 0 bridgehead atoms. The third-order valence-corrected chi connectivity index (χ3v) is 3.74. The number of nitrogens with zero attached hydrogens (tertiary/aromatic N) is 2. The van der Waals surface area contributed by atoms with E-state index in [1.54, 1.807) is 19.9 Å². The number of hydrogen-bond acceptors (Lipinski definition) is 7. The minimum atomic E-state index is -0.675. The number of methoxy groups -OCH3 is 1. The molecule has 0 N–H and O–H groups in total. The van der Waals surface area contributed by atoms with Gasteiger partial charge in [-0.05, 0) is 19.9 Å². The average molecular weight is 344 g/mol. The van der Waals surface area contributed by atoms with Crippen molar-refractivity contribution in [1.82, 2.24) is 4.98 Å². The number of pyridine rings is 1. The Morgan fingerprint density at radius 2 is 1.96 bits per heavy atom. The number of nitro benzene ring substituents is 1. The van der Waals surface area contributed by atoms with Gasteiger partial charge in [0.25, 0.3) is 12.2 Å². The molecule has 8 heteroatoms. The highest BCUT2D eigenvalue weighted by Gasteiger charge is 2.27. The summed E-state index contributed by atoms with van der Waals surface area (Å²) in [5.74, 6) is -0.675. The van der Waals surface area contributed by atoms with Crippen LogP contribution in [0.15, 0.2) is 24.3 Å². The van der Waals surface area contributed by atoms with Crippen molar-refractivity contribution < 1.29 is 24.0 Å². The summed E-state index contributed by atoms with van der Waals surface area (Å²) in [5.41, 5.74) is 1.72. The molecule has 0 radical (unpaired) electrons. The van der Waals surface area contributed by atoms with Gasteiger partial charge in [-0.25, -0.2) is 4.79 Å². The molecule has 0 aliphatic rings. The summed E-state index contributed by atoms with van der Waals surface area (Å²) in [6.45, 7) is 3.38. The van der Waals surface area contributed by atoms with Gasteiger partial charge >= 0.3 is 5.97 Å². The molecule has 0 aliphatic carbocycles. The van der Waals surface area contributed by atoms with Gasteiger partial charge in [0.15, 0.2) is 0 Å². The van der Waals surface area contributed by atoms with Gasteiger partial charge in [-0.2, -0.15) is 0 Å². The number of hydrogen-bond donors (Lipinski definition) is 0. The van der Waals surface area contributed by atoms with Crippen LogP contribution in [0.4, 0.5) is 5.69 Å². The zero-order valence-corrected chi connectivity index (χ0v) is 13.9. The fourth-order valence-electron chi connectivity index (χ4n) is 2.67. The van der Waals surface area contributed by atoms with E-state index in [0.717, 1.165) is 0 Å². The van der Waals surface area contributed by atoms with Gasteiger partial charge in [0.1, 0.15) is 6.61 Å². The van der Waals surface area contributed by atoms with E-state index in [2.05, 4.69) is 4.98 Å². The second-order valence-corrected chi connectivity index (χ2v) is 5.18. The SMILES string of the molecule is COC(=O)c1c(C)nc(C)c(COC=O)c1-c1ccccc1[N+](=O)[O-]. The van der Waals surface area contributed by atoms with Crippen molar-refractivity contribution >= 4 is 18.1 Å². The molecule has 1 heterocycles. The highest BCUT2D eigenvalue weighted by molar-refractivity contribution is 6.00. The minimum Gasteiger partial charge on any atom is -0.465 e. The normalized spacial score (nSPS) is 10.2. The van der Waals surface area contributed by atoms with E-state index in [4.69, 9.17) is 9.47 Å². The van der Waals surface area contributed by atoms with Gasteiger partial charge in [-0.1, -0.05) is 12.1 Å². The number of carbonyl (C=O) groups excluding carboxylic acids is 2. The molecule has 0 unspecified atom stereocenters. The topological polar surface area (TPSA) is 109 Å². The predicted octanol–water partition coefficient (Wildman–Crippen LogP) is 2.73. The molecular weight excluding hydrogens is 328 g/mol. The number of ether oxygens (including phenoxy) is 2. The Bertz CT molecular complexity index is 847. The van der Waals surface area contributed by atoms with Crippen molar-refractivity contribution in [3.05, 3.63) is 56.9 Å². The van der Waals surface area contributed by atoms with Crippen molar-refractivity contribution in [3.8, 4) is 11.1 Å². The zero-order chi connectivity index (χ0) is 18.6. The third kappa shape index (κ3) is 3.47. The molecule has 0 saturated heterocycles. The summed E-state index contributed by atoms with van der Waals surface area (Å²) in [6, 6.07) is 6.02. The van der Waals surface area contributed by atoms with E-state index in [0.29, 0.717) is 17.0 Å². The number of aromatic nitrogens is 1. The Morgan fingerprint density at radius 1 is 1.28 bits per heavy atom. The molecule has 0 atom stereocenters. The van der Waals surface area contributed by atoms with E-state index in [-0.39, 0.29) is 35.5 Å². The standard InChI is InChI=1S/C17H16N2O6/c1-10-13(8-25-9-20)16(15(11(2)18-10)17(21)24-3)12-6-4-5-7-14(12)19(22)23/h4-7,9H,8H2,1-3H3. The molecule has 1 aromatic heterocycles. The third-order valence-electron chi connectivity index (χ3n) is 3.74. The summed E-state index contributed by atoms with van der Waals surface area (Å²) in [4.78, 5) is 38.1. The Morgan fingerprint density at radius 3 is 2.56 bits per heavy atom. The summed E-state index contributed by atoms with van der Waals surface area (Å²) in [5, 5.41) is 11.4. The Kier molecular flexibility index (Phi) is 5.43. The number of esters is 1. The number of rotatable bonds is 6. The molecule has 0 amide bonds. The molecule has 1 aromatic carbocycles.